The van der Waals surface area contributed by atoms with E-state index < -0.39 is 0 Å². The standard InChI is InChI=1S/C13H19N3/c1-5-14-13(3,4)12-15-10-8-6-7-9(2)11(10)16-12/h6-8,14H,5H2,1-4H3,(H,15,16). The molecule has 0 saturated carbocycles. The third kappa shape index (κ3) is 1.83. The number of para-hydroxylation sites is 1. The van der Waals surface area contributed by atoms with Gasteiger partial charge in [-0.15, -0.1) is 0 Å². The number of hydrogen-bond donors (Lipinski definition) is 2. The van der Waals surface area contributed by atoms with Crippen LogP contribution < -0.4 is 5.32 Å². The lowest BCUT2D eigenvalue weighted by atomic mass is 10.1. The van der Waals surface area contributed by atoms with E-state index in [1.165, 1.54) is 5.56 Å². The Labute approximate surface area is 96.3 Å². The quantitative estimate of drug-likeness (QED) is 0.830. The number of H-pyrrole nitrogens is 1. The van der Waals surface area contributed by atoms with Gasteiger partial charge < -0.3 is 10.3 Å². The monoisotopic (exact) mass is 217 g/mol. The molecule has 3 heteroatoms. The molecule has 0 spiro atoms. The zero-order valence-electron chi connectivity index (χ0n) is 10.4. The van der Waals surface area contributed by atoms with Crippen LogP contribution in [-0.2, 0) is 5.54 Å². The number of imidazole rings is 1. The second-order valence-corrected chi connectivity index (χ2v) is 4.71. The van der Waals surface area contributed by atoms with Crippen molar-refractivity contribution in [2.45, 2.75) is 33.2 Å². The first kappa shape index (κ1) is 11.1. The van der Waals surface area contributed by atoms with Crippen LogP contribution in [-0.4, -0.2) is 16.5 Å². The highest BCUT2D eigenvalue weighted by Gasteiger charge is 2.23. The number of fused-ring (bicyclic) bond motifs is 1. The van der Waals surface area contributed by atoms with Gasteiger partial charge in [-0.05, 0) is 38.9 Å². The number of aromatic nitrogens is 2. The Bertz CT molecular complexity index is 497. The number of benzene rings is 1. The van der Waals surface area contributed by atoms with Crippen LogP contribution in [0.4, 0.5) is 0 Å². The van der Waals surface area contributed by atoms with E-state index in [0.717, 1.165) is 23.4 Å². The van der Waals surface area contributed by atoms with Crippen molar-refractivity contribution in [1.29, 1.82) is 0 Å². The fourth-order valence-corrected chi connectivity index (χ4v) is 2.00. The summed E-state index contributed by atoms with van der Waals surface area (Å²) in [6, 6.07) is 6.22. The van der Waals surface area contributed by atoms with Crippen LogP contribution in [0.5, 0.6) is 0 Å². The van der Waals surface area contributed by atoms with Gasteiger partial charge in [-0.2, -0.15) is 0 Å². The van der Waals surface area contributed by atoms with Crippen molar-refractivity contribution < 1.29 is 0 Å². The molecule has 0 fully saturated rings. The van der Waals surface area contributed by atoms with Crippen molar-refractivity contribution in [2.24, 2.45) is 0 Å². The minimum Gasteiger partial charge on any atom is -0.340 e. The lowest BCUT2D eigenvalue weighted by Crippen LogP contribution is -2.37. The lowest BCUT2D eigenvalue weighted by molar-refractivity contribution is 0.395. The first-order valence-corrected chi connectivity index (χ1v) is 5.75. The first-order chi connectivity index (χ1) is 7.54. The summed E-state index contributed by atoms with van der Waals surface area (Å²) in [4.78, 5) is 8.07. The van der Waals surface area contributed by atoms with Crippen LogP contribution in [0, 0.1) is 6.92 Å². The van der Waals surface area contributed by atoms with E-state index in [0.29, 0.717) is 0 Å². The number of aromatic amines is 1. The van der Waals surface area contributed by atoms with Crippen LogP contribution >= 0.6 is 0 Å². The van der Waals surface area contributed by atoms with Gasteiger partial charge in [0.25, 0.3) is 0 Å². The average molecular weight is 217 g/mol. The van der Waals surface area contributed by atoms with Gasteiger partial charge in [-0.1, -0.05) is 19.1 Å². The minimum absolute atomic E-state index is 0.111. The molecule has 0 aliphatic heterocycles. The van der Waals surface area contributed by atoms with Crippen molar-refractivity contribution in [2.75, 3.05) is 6.54 Å². The molecule has 1 aromatic heterocycles. The number of nitrogens with zero attached hydrogens (tertiary/aromatic N) is 1. The minimum atomic E-state index is -0.111. The van der Waals surface area contributed by atoms with Crippen molar-refractivity contribution >= 4 is 11.0 Å². The third-order valence-corrected chi connectivity index (χ3v) is 2.93. The Balaban J connectivity index is 2.51. The molecule has 3 nitrogen and oxygen atoms in total. The molecular formula is C13H19N3. The largest absolute Gasteiger partial charge is 0.340 e. The maximum Gasteiger partial charge on any atom is 0.127 e. The summed E-state index contributed by atoms with van der Waals surface area (Å²) < 4.78 is 0. The predicted molar refractivity (Wildman–Crippen MR) is 67.5 cm³/mol. The molecule has 86 valence electrons. The van der Waals surface area contributed by atoms with Crippen LogP contribution in [0.3, 0.4) is 0 Å². The second-order valence-electron chi connectivity index (χ2n) is 4.71. The van der Waals surface area contributed by atoms with E-state index in [2.05, 4.69) is 61.2 Å². The molecule has 2 N–H and O–H groups in total. The van der Waals surface area contributed by atoms with Crippen LogP contribution in [0.15, 0.2) is 18.2 Å². The van der Waals surface area contributed by atoms with E-state index in [-0.39, 0.29) is 5.54 Å². The van der Waals surface area contributed by atoms with Gasteiger partial charge in [0.05, 0.1) is 16.6 Å². The highest BCUT2D eigenvalue weighted by atomic mass is 15.1. The third-order valence-electron chi connectivity index (χ3n) is 2.93. The molecular weight excluding hydrogens is 198 g/mol. The summed E-state index contributed by atoms with van der Waals surface area (Å²) in [6.07, 6.45) is 0. The average Bonchev–Trinajstić information content (AvgIpc) is 2.63. The number of aryl methyl sites for hydroxylation is 1. The smallest absolute Gasteiger partial charge is 0.127 e. The van der Waals surface area contributed by atoms with Gasteiger partial charge in [0, 0.05) is 0 Å². The molecule has 0 aliphatic rings. The Morgan fingerprint density at radius 2 is 2.12 bits per heavy atom. The SMILES string of the molecule is CCNC(C)(C)c1nc2c(C)cccc2[nH]1. The van der Waals surface area contributed by atoms with Gasteiger partial charge in [0.2, 0.25) is 0 Å². The summed E-state index contributed by atoms with van der Waals surface area (Å²) in [5.74, 6) is 0.999. The van der Waals surface area contributed by atoms with E-state index in [9.17, 15) is 0 Å². The van der Waals surface area contributed by atoms with Crippen molar-refractivity contribution in [3.8, 4) is 0 Å². The van der Waals surface area contributed by atoms with Crippen LogP contribution in [0.1, 0.15) is 32.2 Å². The summed E-state index contributed by atoms with van der Waals surface area (Å²) in [7, 11) is 0. The molecule has 2 rings (SSSR count). The van der Waals surface area contributed by atoms with Crippen molar-refractivity contribution in [3.05, 3.63) is 29.6 Å². The fraction of sp³-hybridized carbons (Fsp3) is 0.462. The Morgan fingerprint density at radius 3 is 2.75 bits per heavy atom. The molecule has 1 aromatic carbocycles. The number of rotatable bonds is 3. The highest BCUT2D eigenvalue weighted by Crippen LogP contribution is 2.22. The van der Waals surface area contributed by atoms with Gasteiger partial charge in [0.15, 0.2) is 0 Å². The first-order valence-electron chi connectivity index (χ1n) is 5.75. The summed E-state index contributed by atoms with van der Waals surface area (Å²) in [5, 5.41) is 3.42. The Kier molecular flexibility index (Phi) is 2.72. The van der Waals surface area contributed by atoms with E-state index in [1.54, 1.807) is 0 Å². The molecule has 0 unspecified atom stereocenters. The molecule has 0 radical (unpaired) electrons. The maximum atomic E-state index is 4.68. The predicted octanol–water partition coefficient (Wildman–Crippen LogP) is 2.72. The van der Waals surface area contributed by atoms with Gasteiger partial charge >= 0.3 is 0 Å². The highest BCUT2D eigenvalue weighted by molar-refractivity contribution is 5.78. The molecule has 0 saturated heterocycles. The summed E-state index contributed by atoms with van der Waals surface area (Å²) in [5.41, 5.74) is 3.29. The van der Waals surface area contributed by atoms with Crippen molar-refractivity contribution in [1.82, 2.24) is 15.3 Å². The number of nitrogens with one attached hydrogen (secondary N) is 2. The fourth-order valence-electron chi connectivity index (χ4n) is 2.00. The molecule has 2 aromatic rings. The molecule has 0 aliphatic carbocycles. The zero-order valence-corrected chi connectivity index (χ0v) is 10.4. The van der Waals surface area contributed by atoms with Crippen LogP contribution in [0.25, 0.3) is 11.0 Å². The Hall–Kier alpha value is -1.35. The normalized spacial score (nSPS) is 12.2. The molecule has 1 heterocycles. The van der Waals surface area contributed by atoms with E-state index >= 15 is 0 Å². The Morgan fingerprint density at radius 1 is 1.38 bits per heavy atom. The van der Waals surface area contributed by atoms with Crippen molar-refractivity contribution in [3.63, 3.8) is 0 Å². The molecule has 0 atom stereocenters. The second kappa shape index (κ2) is 3.91. The molecule has 0 bridgehead atoms. The van der Waals surface area contributed by atoms with E-state index in [4.69, 9.17) is 0 Å². The van der Waals surface area contributed by atoms with Gasteiger partial charge in [-0.25, -0.2) is 4.98 Å². The van der Waals surface area contributed by atoms with Gasteiger partial charge in [0.1, 0.15) is 5.82 Å². The topological polar surface area (TPSA) is 40.7 Å². The lowest BCUT2D eigenvalue weighted by Gasteiger charge is -2.22. The zero-order chi connectivity index (χ0) is 11.8. The molecule has 16 heavy (non-hydrogen) atoms. The van der Waals surface area contributed by atoms with Gasteiger partial charge in [-0.3, -0.25) is 0 Å². The van der Waals surface area contributed by atoms with Crippen LogP contribution in [0.2, 0.25) is 0 Å². The molecule has 0 amide bonds. The summed E-state index contributed by atoms with van der Waals surface area (Å²) >= 11 is 0. The summed E-state index contributed by atoms with van der Waals surface area (Å²) in [6.45, 7) is 9.42. The number of hydrogen-bond acceptors (Lipinski definition) is 2. The van der Waals surface area contributed by atoms with E-state index in [1.807, 2.05) is 0 Å². The maximum absolute atomic E-state index is 4.68.